The Morgan fingerprint density at radius 1 is 1.06 bits per heavy atom. The van der Waals surface area contributed by atoms with Gasteiger partial charge in [-0.25, -0.2) is 9.98 Å². The molecule has 3 N–H and O–H groups in total. The van der Waals surface area contributed by atoms with E-state index >= 15 is 0 Å². The summed E-state index contributed by atoms with van der Waals surface area (Å²) in [4.78, 5) is 20.9. The molecule has 0 saturated heterocycles. The summed E-state index contributed by atoms with van der Waals surface area (Å²) in [6.45, 7) is 6.98. The number of imidazole rings is 1. The summed E-state index contributed by atoms with van der Waals surface area (Å²) in [5.41, 5.74) is 4.18. The van der Waals surface area contributed by atoms with Crippen molar-refractivity contribution >= 4 is 35.8 Å². The zero-order valence-electron chi connectivity index (χ0n) is 19.5. The molecule has 0 bridgehead atoms. The number of carbonyl (C=O) groups excluding carboxylic acids is 1. The number of aromatic nitrogens is 2. The van der Waals surface area contributed by atoms with Crippen LogP contribution < -0.4 is 16.0 Å². The lowest BCUT2D eigenvalue weighted by Gasteiger charge is -2.12. The second kappa shape index (κ2) is 13.6. The molecule has 0 spiro atoms. The smallest absolute Gasteiger partial charge is 0.251 e. The van der Waals surface area contributed by atoms with Crippen LogP contribution >= 0.6 is 24.0 Å². The molecule has 0 aliphatic carbocycles. The van der Waals surface area contributed by atoms with Gasteiger partial charge in [-0.3, -0.25) is 4.79 Å². The van der Waals surface area contributed by atoms with E-state index in [4.69, 9.17) is 4.99 Å². The minimum absolute atomic E-state index is 0. The Balaban J connectivity index is 0.00000385. The average molecular weight is 560 g/mol. The molecule has 0 unspecified atom stereocenters. The van der Waals surface area contributed by atoms with Crippen molar-refractivity contribution in [1.29, 1.82) is 0 Å². The van der Waals surface area contributed by atoms with Crippen LogP contribution in [-0.2, 0) is 19.5 Å². The van der Waals surface area contributed by atoms with Gasteiger partial charge >= 0.3 is 0 Å². The Hall–Kier alpha value is -2.88. The molecule has 33 heavy (non-hydrogen) atoms. The van der Waals surface area contributed by atoms with E-state index in [1.54, 1.807) is 7.05 Å². The largest absolute Gasteiger partial charge is 0.357 e. The molecule has 7 nitrogen and oxygen atoms in total. The fourth-order valence-corrected chi connectivity index (χ4v) is 3.44. The quantitative estimate of drug-likeness (QED) is 0.213. The van der Waals surface area contributed by atoms with Gasteiger partial charge in [0.05, 0.1) is 6.54 Å². The highest BCUT2D eigenvalue weighted by Crippen LogP contribution is 2.10. The van der Waals surface area contributed by atoms with Crippen molar-refractivity contribution in [1.82, 2.24) is 25.5 Å². The summed E-state index contributed by atoms with van der Waals surface area (Å²) in [5, 5.41) is 9.35. The topological polar surface area (TPSA) is 83.3 Å². The van der Waals surface area contributed by atoms with Gasteiger partial charge in [0.2, 0.25) is 0 Å². The van der Waals surface area contributed by atoms with Crippen LogP contribution in [-0.4, -0.2) is 41.6 Å². The van der Waals surface area contributed by atoms with E-state index in [0.717, 1.165) is 49.0 Å². The van der Waals surface area contributed by atoms with E-state index in [0.29, 0.717) is 12.1 Å². The number of carbonyl (C=O) groups is 1. The summed E-state index contributed by atoms with van der Waals surface area (Å²) in [7, 11) is 1.64. The molecule has 3 aromatic rings. The number of aliphatic imine (C=N–C) groups is 1. The normalized spacial score (nSPS) is 10.9. The molecular weight excluding hydrogens is 527 g/mol. The van der Waals surface area contributed by atoms with Crippen LogP contribution in [0.4, 0.5) is 0 Å². The van der Waals surface area contributed by atoms with Gasteiger partial charge in [0.15, 0.2) is 5.96 Å². The van der Waals surface area contributed by atoms with Crippen LogP contribution in [0.25, 0.3) is 0 Å². The average Bonchev–Trinajstić information content (AvgIpc) is 3.21. The Labute approximate surface area is 213 Å². The molecule has 0 atom stereocenters. The Bertz CT molecular complexity index is 1060. The minimum Gasteiger partial charge on any atom is -0.357 e. The first-order valence-corrected chi connectivity index (χ1v) is 11.0. The number of guanidine groups is 1. The molecule has 1 amide bonds. The SMILES string of the molecule is CCNC(=NCc1cccc(Cn2ccnc2C)c1)NCCc1cccc(C(=O)NC)c1.I. The molecule has 0 aliphatic heterocycles. The van der Waals surface area contributed by atoms with Crippen LogP contribution in [0.15, 0.2) is 65.9 Å². The minimum atomic E-state index is -0.0693. The van der Waals surface area contributed by atoms with Crippen LogP contribution in [0.5, 0.6) is 0 Å². The number of nitrogens with one attached hydrogen (secondary N) is 3. The summed E-state index contributed by atoms with van der Waals surface area (Å²) < 4.78 is 2.13. The highest BCUT2D eigenvalue weighted by Gasteiger charge is 2.05. The number of rotatable bonds is 9. The van der Waals surface area contributed by atoms with Crippen molar-refractivity contribution in [2.75, 3.05) is 20.1 Å². The van der Waals surface area contributed by atoms with E-state index < -0.39 is 0 Å². The highest BCUT2D eigenvalue weighted by molar-refractivity contribution is 14.0. The van der Waals surface area contributed by atoms with Gasteiger partial charge in [-0.1, -0.05) is 36.4 Å². The van der Waals surface area contributed by atoms with E-state index in [1.165, 1.54) is 5.56 Å². The fourth-order valence-electron chi connectivity index (χ4n) is 3.44. The van der Waals surface area contributed by atoms with Crippen molar-refractivity contribution in [2.45, 2.75) is 33.4 Å². The molecular formula is C25H33IN6O. The van der Waals surface area contributed by atoms with E-state index in [2.05, 4.69) is 56.7 Å². The lowest BCUT2D eigenvalue weighted by molar-refractivity contribution is 0.0963. The molecule has 176 valence electrons. The van der Waals surface area contributed by atoms with Crippen molar-refractivity contribution in [3.8, 4) is 0 Å². The number of amides is 1. The molecule has 1 heterocycles. The number of benzene rings is 2. The number of nitrogens with zero attached hydrogens (tertiary/aromatic N) is 3. The van der Waals surface area contributed by atoms with Crippen molar-refractivity contribution in [2.24, 2.45) is 4.99 Å². The van der Waals surface area contributed by atoms with Gasteiger partial charge in [0.25, 0.3) is 5.91 Å². The Morgan fingerprint density at radius 2 is 1.82 bits per heavy atom. The number of halogens is 1. The first-order chi connectivity index (χ1) is 15.6. The maximum absolute atomic E-state index is 11.8. The molecule has 8 heteroatoms. The number of aryl methyl sites for hydroxylation is 1. The lowest BCUT2D eigenvalue weighted by Crippen LogP contribution is -2.38. The number of hydrogen-bond acceptors (Lipinski definition) is 3. The predicted molar refractivity (Wildman–Crippen MR) is 144 cm³/mol. The maximum Gasteiger partial charge on any atom is 0.251 e. The van der Waals surface area contributed by atoms with Gasteiger partial charge in [-0.2, -0.15) is 0 Å². The summed E-state index contributed by atoms with van der Waals surface area (Å²) in [6.07, 6.45) is 4.62. The van der Waals surface area contributed by atoms with Gasteiger partial charge in [-0.05, 0) is 49.1 Å². The fraction of sp³-hybridized carbons (Fsp3) is 0.320. The summed E-state index contributed by atoms with van der Waals surface area (Å²) >= 11 is 0. The second-order valence-electron chi connectivity index (χ2n) is 7.57. The van der Waals surface area contributed by atoms with E-state index in [9.17, 15) is 4.79 Å². The zero-order valence-corrected chi connectivity index (χ0v) is 21.8. The monoisotopic (exact) mass is 560 g/mol. The summed E-state index contributed by atoms with van der Waals surface area (Å²) in [6, 6.07) is 16.2. The maximum atomic E-state index is 11.8. The van der Waals surface area contributed by atoms with Crippen LogP contribution in [0.2, 0.25) is 0 Å². The molecule has 0 saturated carbocycles. The summed E-state index contributed by atoms with van der Waals surface area (Å²) in [5.74, 6) is 1.72. The van der Waals surface area contributed by atoms with Gasteiger partial charge in [0.1, 0.15) is 5.82 Å². The molecule has 2 aromatic carbocycles. The molecule has 3 rings (SSSR count). The molecule has 0 fully saturated rings. The third kappa shape index (κ3) is 8.20. The third-order valence-corrected chi connectivity index (χ3v) is 5.15. The van der Waals surface area contributed by atoms with E-state index in [-0.39, 0.29) is 29.9 Å². The standard InChI is InChI=1S/C25H32N6O.HI/c1-4-27-25(29-12-11-20-7-6-10-23(16-20)24(32)26-3)30-17-21-8-5-9-22(15-21)18-31-14-13-28-19(31)2;/h5-10,13-16H,4,11-12,17-18H2,1-3H3,(H,26,32)(H2,27,29,30);1H. The third-order valence-electron chi connectivity index (χ3n) is 5.15. The van der Waals surface area contributed by atoms with Gasteiger partial charge in [0, 0.05) is 44.6 Å². The predicted octanol–water partition coefficient (Wildman–Crippen LogP) is 3.52. The lowest BCUT2D eigenvalue weighted by atomic mass is 10.1. The molecule has 1 aromatic heterocycles. The first-order valence-electron chi connectivity index (χ1n) is 11.0. The molecule has 0 radical (unpaired) electrons. The van der Waals surface area contributed by atoms with Crippen LogP contribution in [0.3, 0.4) is 0 Å². The van der Waals surface area contributed by atoms with Crippen LogP contribution in [0, 0.1) is 6.92 Å². The van der Waals surface area contributed by atoms with Crippen molar-refractivity contribution in [3.05, 3.63) is 89.0 Å². The highest BCUT2D eigenvalue weighted by atomic mass is 127. The zero-order chi connectivity index (χ0) is 22.8. The van der Waals surface area contributed by atoms with Crippen molar-refractivity contribution < 1.29 is 4.79 Å². The van der Waals surface area contributed by atoms with Gasteiger partial charge in [-0.15, -0.1) is 24.0 Å². The number of hydrogen-bond donors (Lipinski definition) is 3. The van der Waals surface area contributed by atoms with Gasteiger partial charge < -0.3 is 20.5 Å². The van der Waals surface area contributed by atoms with Crippen LogP contribution in [0.1, 0.15) is 39.8 Å². The van der Waals surface area contributed by atoms with E-state index in [1.807, 2.05) is 43.6 Å². The Kier molecular flexibility index (Phi) is 10.9. The Morgan fingerprint density at radius 3 is 2.55 bits per heavy atom. The first kappa shape index (κ1) is 26.4. The molecule has 0 aliphatic rings. The second-order valence-corrected chi connectivity index (χ2v) is 7.57. The van der Waals surface area contributed by atoms with Crippen molar-refractivity contribution in [3.63, 3.8) is 0 Å².